The summed E-state index contributed by atoms with van der Waals surface area (Å²) in [5.74, 6) is 0.953. The molecule has 6 heteroatoms. The molecule has 1 aromatic carbocycles. The van der Waals surface area contributed by atoms with Crippen LogP contribution >= 0.6 is 34.7 Å². The van der Waals surface area contributed by atoms with E-state index in [1.165, 1.54) is 37.0 Å². The van der Waals surface area contributed by atoms with Gasteiger partial charge in [0.25, 0.3) is 0 Å². The summed E-state index contributed by atoms with van der Waals surface area (Å²) in [5.41, 5.74) is 4.50. The Labute approximate surface area is 188 Å². The smallest absolute Gasteiger partial charge is 0.240 e. The number of nitrogens with one attached hydrogen (secondary N) is 1. The maximum atomic E-state index is 12.3. The molecule has 158 valence electrons. The Morgan fingerprint density at radius 2 is 1.72 bits per heavy atom. The van der Waals surface area contributed by atoms with Gasteiger partial charge in [-0.25, -0.2) is 5.43 Å². The van der Waals surface area contributed by atoms with E-state index < -0.39 is 0 Å². The van der Waals surface area contributed by atoms with Gasteiger partial charge in [0, 0.05) is 27.6 Å². The van der Waals surface area contributed by atoms with E-state index in [2.05, 4.69) is 35.8 Å². The number of hydrogen-bond acceptors (Lipinski definition) is 4. The zero-order chi connectivity index (χ0) is 20.9. The van der Waals surface area contributed by atoms with Gasteiger partial charge in [0.05, 0.1) is 4.88 Å². The topological polar surface area (TPSA) is 41.5 Å². The lowest BCUT2D eigenvalue weighted by molar-refractivity contribution is -0.121. The van der Waals surface area contributed by atoms with Crippen molar-refractivity contribution >= 4 is 46.3 Å². The number of hydrazone groups is 1. The Kier molecular flexibility index (Phi) is 11.4. The first kappa shape index (κ1) is 24.0. The highest BCUT2D eigenvalue weighted by atomic mass is 35.5. The van der Waals surface area contributed by atoms with Gasteiger partial charge in [-0.1, -0.05) is 69.2 Å². The number of thioether (sulfide) groups is 1. The number of rotatable bonds is 13. The summed E-state index contributed by atoms with van der Waals surface area (Å²) in [4.78, 5) is 14.6. The van der Waals surface area contributed by atoms with Crippen molar-refractivity contribution in [1.82, 2.24) is 5.43 Å². The predicted molar refractivity (Wildman–Crippen MR) is 129 cm³/mol. The van der Waals surface area contributed by atoms with E-state index in [4.69, 9.17) is 11.6 Å². The van der Waals surface area contributed by atoms with Crippen LogP contribution in [0.1, 0.15) is 73.6 Å². The van der Waals surface area contributed by atoms with E-state index in [1.54, 1.807) is 23.1 Å². The Balaban J connectivity index is 1.96. The maximum absolute atomic E-state index is 12.3. The first-order chi connectivity index (χ1) is 14.1. The van der Waals surface area contributed by atoms with Crippen molar-refractivity contribution in [3.63, 3.8) is 0 Å². The Hall–Kier alpha value is -1.30. The van der Waals surface area contributed by atoms with Crippen molar-refractivity contribution in [2.24, 2.45) is 5.10 Å². The van der Waals surface area contributed by atoms with Crippen LogP contribution in [0.15, 0.2) is 41.5 Å². The van der Waals surface area contributed by atoms with Crippen molar-refractivity contribution in [1.29, 1.82) is 0 Å². The SMILES string of the molecule is CCCCCCCCCC(=O)NN=C(c1ccc(Cl)cc1)c1ccc(CSC)s1. The van der Waals surface area contributed by atoms with Gasteiger partial charge in [-0.3, -0.25) is 4.79 Å². The average Bonchev–Trinajstić information content (AvgIpc) is 3.17. The molecule has 2 aromatic rings. The Morgan fingerprint density at radius 3 is 2.41 bits per heavy atom. The van der Waals surface area contributed by atoms with E-state index in [1.807, 2.05) is 24.3 Å². The van der Waals surface area contributed by atoms with Crippen LogP contribution in [-0.2, 0) is 10.5 Å². The maximum Gasteiger partial charge on any atom is 0.240 e. The third kappa shape index (κ3) is 8.93. The second-order valence-corrected chi connectivity index (χ2v) is 9.54. The van der Waals surface area contributed by atoms with Crippen LogP contribution in [0.4, 0.5) is 0 Å². The predicted octanol–water partition coefficient (Wildman–Crippen LogP) is 7.27. The normalized spacial score (nSPS) is 11.6. The molecule has 0 radical (unpaired) electrons. The molecule has 1 N–H and O–H groups in total. The van der Waals surface area contributed by atoms with E-state index in [9.17, 15) is 4.79 Å². The molecule has 0 fully saturated rings. The number of carbonyl (C=O) groups excluding carboxylic acids is 1. The second-order valence-electron chi connectivity index (χ2n) is 7.07. The minimum atomic E-state index is -0.0223. The molecule has 0 saturated carbocycles. The van der Waals surface area contributed by atoms with Crippen LogP contribution in [0, 0.1) is 0 Å². The summed E-state index contributed by atoms with van der Waals surface area (Å²) in [6.07, 6.45) is 11.0. The van der Waals surface area contributed by atoms with Crippen molar-refractivity contribution < 1.29 is 4.79 Å². The van der Waals surface area contributed by atoms with Crippen molar-refractivity contribution in [2.45, 2.75) is 64.0 Å². The van der Waals surface area contributed by atoms with Crippen molar-refractivity contribution in [2.75, 3.05) is 6.26 Å². The minimum absolute atomic E-state index is 0.0223. The van der Waals surface area contributed by atoms with Crippen LogP contribution in [0.2, 0.25) is 5.02 Å². The summed E-state index contributed by atoms with van der Waals surface area (Å²) in [7, 11) is 0. The lowest BCUT2D eigenvalue weighted by Gasteiger charge is -2.07. The van der Waals surface area contributed by atoms with Crippen molar-refractivity contribution in [3.05, 3.63) is 56.7 Å². The number of benzene rings is 1. The lowest BCUT2D eigenvalue weighted by Crippen LogP contribution is -2.19. The summed E-state index contributed by atoms with van der Waals surface area (Å²) in [6.45, 7) is 2.23. The zero-order valence-corrected chi connectivity index (χ0v) is 19.8. The molecule has 0 spiro atoms. The molecule has 3 nitrogen and oxygen atoms in total. The van der Waals surface area contributed by atoms with Gasteiger partial charge in [-0.05, 0) is 36.9 Å². The number of hydrogen-bond donors (Lipinski definition) is 1. The molecular weight excluding hydrogens is 420 g/mol. The van der Waals surface area contributed by atoms with E-state index in [-0.39, 0.29) is 5.91 Å². The monoisotopic (exact) mass is 450 g/mol. The molecule has 1 amide bonds. The number of thiophene rings is 1. The van der Waals surface area contributed by atoms with Crippen LogP contribution in [0.5, 0.6) is 0 Å². The average molecular weight is 451 g/mol. The van der Waals surface area contributed by atoms with Crippen LogP contribution in [0.25, 0.3) is 0 Å². The Bertz CT molecular complexity index is 771. The quantitative estimate of drug-likeness (QED) is 0.198. The molecular formula is C23H31ClN2OS2. The molecule has 0 aliphatic rings. The van der Waals surface area contributed by atoms with E-state index in [0.29, 0.717) is 11.4 Å². The van der Waals surface area contributed by atoms with Gasteiger partial charge in [-0.15, -0.1) is 11.3 Å². The summed E-state index contributed by atoms with van der Waals surface area (Å²) in [5, 5.41) is 5.17. The lowest BCUT2D eigenvalue weighted by atomic mass is 10.1. The molecule has 0 aliphatic heterocycles. The van der Waals surface area contributed by atoms with Crippen LogP contribution in [0.3, 0.4) is 0 Å². The van der Waals surface area contributed by atoms with E-state index >= 15 is 0 Å². The fourth-order valence-corrected chi connectivity index (χ4v) is 4.92. The molecule has 0 saturated heterocycles. The summed E-state index contributed by atoms with van der Waals surface area (Å²) in [6, 6.07) is 11.8. The fourth-order valence-electron chi connectivity index (χ4n) is 3.01. The summed E-state index contributed by atoms with van der Waals surface area (Å²) >= 11 is 9.54. The minimum Gasteiger partial charge on any atom is -0.273 e. The number of nitrogens with zero attached hydrogens (tertiary/aromatic N) is 1. The Morgan fingerprint density at radius 1 is 1.03 bits per heavy atom. The first-order valence-electron chi connectivity index (χ1n) is 10.3. The molecule has 29 heavy (non-hydrogen) atoms. The van der Waals surface area contributed by atoms with Gasteiger partial charge in [0.15, 0.2) is 0 Å². The number of unbranched alkanes of at least 4 members (excludes halogenated alkanes) is 6. The van der Waals surface area contributed by atoms with Crippen molar-refractivity contribution in [3.8, 4) is 0 Å². The van der Waals surface area contributed by atoms with Gasteiger partial charge in [-0.2, -0.15) is 16.9 Å². The van der Waals surface area contributed by atoms with Crippen LogP contribution in [-0.4, -0.2) is 17.9 Å². The zero-order valence-electron chi connectivity index (χ0n) is 17.4. The number of halogens is 1. The molecule has 0 bridgehead atoms. The second kappa shape index (κ2) is 13.8. The fraction of sp³-hybridized carbons (Fsp3) is 0.478. The van der Waals surface area contributed by atoms with E-state index in [0.717, 1.165) is 34.7 Å². The molecule has 2 rings (SSSR count). The largest absolute Gasteiger partial charge is 0.273 e. The number of amides is 1. The molecule has 1 heterocycles. The van der Waals surface area contributed by atoms with Gasteiger partial charge >= 0.3 is 0 Å². The molecule has 0 aliphatic carbocycles. The molecule has 0 atom stereocenters. The van der Waals surface area contributed by atoms with Crippen LogP contribution < -0.4 is 5.43 Å². The first-order valence-corrected chi connectivity index (χ1v) is 12.9. The van der Waals surface area contributed by atoms with Gasteiger partial charge in [0.2, 0.25) is 5.91 Å². The van der Waals surface area contributed by atoms with Gasteiger partial charge in [0.1, 0.15) is 5.71 Å². The number of carbonyl (C=O) groups is 1. The highest BCUT2D eigenvalue weighted by Gasteiger charge is 2.12. The molecule has 0 unspecified atom stereocenters. The van der Waals surface area contributed by atoms with Gasteiger partial charge < -0.3 is 0 Å². The third-order valence-corrected chi connectivity index (χ3v) is 6.73. The highest BCUT2D eigenvalue weighted by Crippen LogP contribution is 2.24. The highest BCUT2D eigenvalue weighted by molar-refractivity contribution is 7.97. The molecule has 1 aromatic heterocycles. The third-order valence-electron chi connectivity index (χ3n) is 4.60. The standard InChI is InChI=1S/C23H31ClN2OS2/c1-3-4-5-6-7-8-9-10-22(27)25-26-23(18-11-13-19(24)14-12-18)21-16-15-20(29-21)17-28-2/h11-16H,3-10,17H2,1-2H3,(H,25,27). The summed E-state index contributed by atoms with van der Waals surface area (Å²) < 4.78 is 0.